The number of sulfonamides is 1. The maximum Gasteiger partial charge on any atom is 0.291 e. The van der Waals surface area contributed by atoms with Crippen molar-refractivity contribution >= 4 is 21.6 Å². The summed E-state index contributed by atoms with van der Waals surface area (Å²) >= 11 is 0. The Bertz CT molecular complexity index is 1140. The molecule has 2 heterocycles. The first-order valence-corrected chi connectivity index (χ1v) is 11.6. The molecule has 2 aromatic carbocycles. The van der Waals surface area contributed by atoms with Gasteiger partial charge < -0.3 is 14.5 Å². The molecule has 1 N–H and O–H groups in total. The van der Waals surface area contributed by atoms with Gasteiger partial charge in [-0.15, -0.1) is 0 Å². The average Bonchev–Trinajstić information content (AvgIpc) is 3.28. The van der Waals surface area contributed by atoms with E-state index in [4.69, 9.17) is 9.15 Å². The zero-order valence-corrected chi connectivity index (χ0v) is 17.8. The molecule has 0 radical (unpaired) electrons. The van der Waals surface area contributed by atoms with Crippen molar-refractivity contribution in [2.75, 3.05) is 18.4 Å². The predicted octanol–water partition coefficient (Wildman–Crippen LogP) is 4.29. The van der Waals surface area contributed by atoms with Crippen molar-refractivity contribution in [2.45, 2.75) is 30.8 Å². The molecule has 0 atom stereocenters. The second kappa shape index (κ2) is 9.36. The van der Waals surface area contributed by atoms with Gasteiger partial charge in [0.15, 0.2) is 5.76 Å². The van der Waals surface area contributed by atoms with E-state index in [-0.39, 0.29) is 17.3 Å². The van der Waals surface area contributed by atoms with Crippen LogP contribution in [0.15, 0.2) is 76.2 Å². The van der Waals surface area contributed by atoms with Gasteiger partial charge in [0.2, 0.25) is 10.0 Å². The molecule has 7 nitrogen and oxygen atoms in total. The lowest BCUT2D eigenvalue weighted by molar-refractivity contribution is 0.0993. The largest absolute Gasteiger partial charge is 0.489 e. The number of piperidine rings is 1. The number of carbonyl (C=O) groups excluding carboxylic acids is 1. The van der Waals surface area contributed by atoms with Crippen molar-refractivity contribution in [3.05, 3.63) is 78.3 Å². The third kappa shape index (κ3) is 4.98. The van der Waals surface area contributed by atoms with Crippen molar-refractivity contribution in [3.8, 4) is 5.75 Å². The van der Waals surface area contributed by atoms with Crippen molar-refractivity contribution in [2.24, 2.45) is 0 Å². The summed E-state index contributed by atoms with van der Waals surface area (Å²) in [7, 11) is -3.58. The van der Waals surface area contributed by atoms with E-state index in [1.807, 2.05) is 30.3 Å². The SMILES string of the molecule is O=C(Nc1cccc(S(=O)(=O)N2CCCCC2)c1)c1occc1COc1ccccc1. The van der Waals surface area contributed by atoms with E-state index in [1.54, 1.807) is 24.3 Å². The van der Waals surface area contributed by atoms with Gasteiger partial charge in [-0.2, -0.15) is 4.31 Å². The molecule has 0 aliphatic carbocycles. The number of carbonyl (C=O) groups is 1. The lowest BCUT2D eigenvalue weighted by Gasteiger charge is -2.26. The van der Waals surface area contributed by atoms with Gasteiger partial charge in [0, 0.05) is 24.3 Å². The second-order valence-electron chi connectivity index (χ2n) is 7.32. The van der Waals surface area contributed by atoms with Gasteiger partial charge in [-0.25, -0.2) is 8.42 Å². The monoisotopic (exact) mass is 440 g/mol. The summed E-state index contributed by atoms with van der Waals surface area (Å²) in [5, 5.41) is 2.73. The minimum absolute atomic E-state index is 0.125. The second-order valence-corrected chi connectivity index (χ2v) is 9.26. The van der Waals surface area contributed by atoms with Crippen LogP contribution in [0.2, 0.25) is 0 Å². The Kier molecular flexibility index (Phi) is 6.39. The number of furan rings is 1. The van der Waals surface area contributed by atoms with Crippen LogP contribution in [-0.2, 0) is 16.6 Å². The number of hydrogen-bond acceptors (Lipinski definition) is 5. The van der Waals surface area contributed by atoms with Gasteiger partial charge in [-0.1, -0.05) is 30.7 Å². The molecule has 0 saturated carbocycles. The highest BCUT2D eigenvalue weighted by Gasteiger charge is 2.26. The summed E-state index contributed by atoms with van der Waals surface area (Å²) in [4.78, 5) is 12.9. The average molecular weight is 441 g/mol. The highest BCUT2D eigenvalue weighted by molar-refractivity contribution is 7.89. The number of ether oxygens (including phenoxy) is 1. The van der Waals surface area contributed by atoms with Crippen LogP contribution in [0, 0.1) is 0 Å². The quantitative estimate of drug-likeness (QED) is 0.592. The summed E-state index contributed by atoms with van der Waals surface area (Å²) in [5.41, 5.74) is 0.979. The number of nitrogens with zero attached hydrogens (tertiary/aromatic N) is 1. The lowest BCUT2D eigenvalue weighted by atomic mass is 10.2. The Hall–Kier alpha value is -3.10. The smallest absolute Gasteiger partial charge is 0.291 e. The lowest BCUT2D eigenvalue weighted by Crippen LogP contribution is -2.35. The van der Waals surface area contributed by atoms with E-state index in [0.717, 1.165) is 19.3 Å². The zero-order valence-electron chi connectivity index (χ0n) is 17.0. The Morgan fingerprint density at radius 2 is 1.77 bits per heavy atom. The number of amides is 1. The predicted molar refractivity (Wildman–Crippen MR) is 116 cm³/mol. The third-order valence-corrected chi connectivity index (χ3v) is 7.03. The van der Waals surface area contributed by atoms with E-state index >= 15 is 0 Å². The van der Waals surface area contributed by atoms with Crippen molar-refractivity contribution in [1.82, 2.24) is 4.31 Å². The Balaban J connectivity index is 1.46. The number of para-hydroxylation sites is 1. The summed E-state index contributed by atoms with van der Waals surface area (Å²) < 4.78 is 38.4. The van der Waals surface area contributed by atoms with E-state index in [0.29, 0.717) is 30.1 Å². The van der Waals surface area contributed by atoms with Crippen LogP contribution in [0.1, 0.15) is 35.4 Å². The molecule has 0 bridgehead atoms. The van der Waals surface area contributed by atoms with Gasteiger partial charge in [0.25, 0.3) is 5.91 Å². The molecule has 1 aliphatic heterocycles. The first kappa shape index (κ1) is 21.1. The van der Waals surface area contributed by atoms with Crippen molar-refractivity contribution < 1.29 is 22.4 Å². The van der Waals surface area contributed by atoms with Gasteiger partial charge in [-0.3, -0.25) is 4.79 Å². The molecule has 8 heteroatoms. The van der Waals surface area contributed by atoms with Crippen LogP contribution in [-0.4, -0.2) is 31.7 Å². The minimum atomic E-state index is -3.58. The van der Waals surface area contributed by atoms with E-state index in [1.165, 1.54) is 16.6 Å². The van der Waals surface area contributed by atoms with Crippen molar-refractivity contribution in [3.63, 3.8) is 0 Å². The molecular formula is C23H24N2O5S. The Morgan fingerprint density at radius 3 is 2.55 bits per heavy atom. The standard InChI is InChI=1S/C23H24N2O5S/c26-23(22-18(12-15-29-22)17-30-20-9-3-1-4-10-20)24-19-8-7-11-21(16-19)31(27,28)25-13-5-2-6-14-25/h1,3-4,7-12,15-16H,2,5-6,13-14,17H2,(H,24,26). The third-order valence-electron chi connectivity index (χ3n) is 5.14. The van der Waals surface area contributed by atoms with Gasteiger partial charge >= 0.3 is 0 Å². The maximum absolute atomic E-state index is 12.9. The van der Waals surface area contributed by atoms with Gasteiger partial charge in [0.05, 0.1) is 11.2 Å². The molecule has 1 aliphatic rings. The molecule has 1 amide bonds. The molecule has 0 unspecified atom stereocenters. The van der Waals surface area contributed by atoms with Crippen LogP contribution >= 0.6 is 0 Å². The molecule has 162 valence electrons. The number of hydrogen-bond donors (Lipinski definition) is 1. The van der Waals surface area contributed by atoms with Crippen LogP contribution in [0.25, 0.3) is 0 Å². The normalized spacial score (nSPS) is 14.8. The highest BCUT2D eigenvalue weighted by Crippen LogP contribution is 2.24. The first-order chi connectivity index (χ1) is 15.0. The van der Waals surface area contributed by atoms with E-state index < -0.39 is 15.9 Å². The number of benzene rings is 2. The van der Waals surface area contributed by atoms with Crippen LogP contribution < -0.4 is 10.1 Å². The molecule has 31 heavy (non-hydrogen) atoms. The minimum Gasteiger partial charge on any atom is -0.489 e. The van der Waals surface area contributed by atoms with Gasteiger partial charge in [0.1, 0.15) is 12.4 Å². The van der Waals surface area contributed by atoms with Crippen LogP contribution in [0.5, 0.6) is 5.75 Å². The van der Waals surface area contributed by atoms with E-state index in [2.05, 4.69) is 5.32 Å². The fourth-order valence-electron chi connectivity index (χ4n) is 3.50. The molecule has 1 aromatic heterocycles. The van der Waals surface area contributed by atoms with E-state index in [9.17, 15) is 13.2 Å². The maximum atomic E-state index is 12.9. The summed E-state index contributed by atoms with van der Waals surface area (Å²) in [6.45, 7) is 1.22. The highest BCUT2D eigenvalue weighted by atomic mass is 32.2. The van der Waals surface area contributed by atoms with Crippen LogP contribution in [0.4, 0.5) is 5.69 Å². The summed E-state index contributed by atoms with van der Waals surface area (Å²) in [5.74, 6) is 0.343. The molecular weight excluding hydrogens is 416 g/mol. The Morgan fingerprint density at radius 1 is 1.00 bits per heavy atom. The fourth-order valence-corrected chi connectivity index (χ4v) is 5.07. The number of nitrogens with one attached hydrogen (secondary N) is 1. The Labute approximate surface area is 181 Å². The molecule has 1 saturated heterocycles. The number of rotatable bonds is 7. The first-order valence-electron chi connectivity index (χ1n) is 10.2. The zero-order chi connectivity index (χ0) is 21.7. The van der Waals surface area contributed by atoms with Crippen molar-refractivity contribution in [1.29, 1.82) is 0 Å². The molecule has 3 aromatic rings. The fraction of sp³-hybridized carbons (Fsp3) is 0.261. The van der Waals surface area contributed by atoms with Crippen LogP contribution in [0.3, 0.4) is 0 Å². The molecule has 4 rings (SSSR count). The molecule has 1 fully saturated rings. The number of anilines is 1. The van der Waals surface area contributed by atoms with Gasteiger partial charge in [-0.05, 0) is 49.2 Å². The summed E-state index contributed by atoms with van der Waals surface area (Å²) in [6, 6.07) is 17.2. The topological polar surface area (TPSA) is 88.9 Å². The summed E-state index contributed by atoms with van der Waals surface area (Å²) in [6.07, 6.45) is 4.20. The molecule has 0 spiro atoms.